The summed E-state index contributed by atoms with van der Waals surface area (Å²) in [7, 11) is -4.32. The maximum Gasteiger partial charge on any atom is 0.472 e. The van der Waals surface area contributed by atoms with E-state index in [2.05, 4.69) is 19.2 Å². The number of unbranched alkanes of at least 4 members (excludes halogenated alkanes) is 24. The van der Waals surface area contributed by atoms with Gasteiger partial charge in [-0.05, 0) is 25.3 Å². The summed E-state index contributed by atoms with van der Waals surface area (Å²) >= 11 is 0. The molecule has 8 nitrogen and oxygen atoms in total. The summed E-state index contributed by atoms with van der Waals surface area (Å²) in [5.74, 6) is -0.0835. The Morgan fingerprint density at radius 3 is 1.57 bits per heavy atom. The number of allylic oxidation sites excluding steroid dienone is 1. The molecule has 0 bridgehead atoms. The van der Waals surface area contributed by atoms with Crippen LogP contribution in [0.5, 0.6) is 0 Å². The first-order valence-corrected chi connectivity index (χ1v) is 20.7. The van der Waals surface area contributed by atoms with E-state index < -0.39 is 13.9 Å². The third kappa shape index (κ3) is 35.9. The molecule has 0 aliphatic carbocycles. The second kappa shape index (κ2) is 35.4. The number of carbonyl (C=O) groups is 1. The fourth-order valence-electron chi connectivity index (χ4n) is 5.41. The maximum absolute atomic E-state index is 12.0. The molecule has 0 aliphatic heterocycles. The number of aliphatic hydroxyl groups excluding tert-OH is 1. The van der Waals surface area contributed by atoms with Gasteiger partial charge in [-0.15, -0.1) is 0 Å². The zero-order valence-corrected chi connectivity index (χ0v) is 30.9. The van der Waals surface area contributed by atoms with Gasteiger partial charge in [-0.25, -0.2) is 4.57 Å². The highest BCUT2D eigenvalue weighted by atomic mass is 31.2. The van der Waals surface area contributed by atoms with E-state index in [1.54, 1.807) is 6.26 Å². The summed E-state index contributed by atoms with van der Waals surface area (Å²) < 4.78 is 27.1. The molecule has 0 aromatic rings. The quantitative estimate of drug-likeness (QED) is 0.0341. The van der Waals surface area contributed by atoms with Crippen LogP contribution in [-0.4, -0.2) is 48.4 Å². The summed E-state index contributed by atoms with van der Waals surface area (Å²) in [4.78, 5) is 21.8. The van der Waals surface area contributed by atoms with Crippen molar-refractivity contribution in [3.05, 3.63) is 12.3 Å². The molecule has 0 aliphatic rings. The van der Waals surface area contributed by atoms with Crippen molar-refractivity contribution in [2.45, 2.75) is 193 Å². The topological polar surface area (TPSA) is 114 Å². The van der Waals surface area contributed by atoms with Crippen LogP contribution >= 0.6 is 7.82 Å². The number of carbonyl (C=O) groups excluding carboxylic acids is 1. The lowest BCUT2D eigenvalue weighted by Crippen LogP contribution is -2.27. The Labute approximate surface area is 283 Å². The maximum atomic E-state index is 12.0. The van der Waals surface area contributed by atoms with Gasteiger partial charge in [0, 0.05) is 13.0 Å². The van der Waals surface area contributed by atoms with Crippen LogP contribution < -0.4 is 5.32 Å². The molecular weight excluding hydrogens is 601 g/mol. The van der Waals surface area contributed by atoms with Crippen molar-refractivity contribution in [1.82, 2.24) is 5.32 Å². The number of phosphoric acid groups is 1. The molecule has 274 valence electrons. The highest BCUT2D eigenvalue weighted by Crippen LogP contribution is 2.42. The number of rotatable bonds is 37. The predicted octanol–water partition coefficient (Wildman–Crippen LogP) is 10.7. The minimum absolute atomic E-state index is 0.0375. The molecule has 2 atom stereocenters. The normalized spacial score (nSPS) is 13.7. The van der Waals surface area contributed by atoms with Gasteiger partial charge in [0.15, 0.2) is 0 Å². The van der Waals surface area contributed by atoms with E-state index >= 15 is 0 Å². The Hall–Kier alpha value is -0.920. The molecule has 1 unspecified atom stereocenters. The number of hydrogen-bond donors (Lipinski definition) is 3. The van der Waals surface area contributed by atoms with E-state index in [1.807, 2.05) is 6.08 Å². The van der Waals surface area contributed by atoms with Crippen molar-refractivity contribution in [2.24, 2.45) is 0 Å². The van der Waals surface area contributed by atoms with E-state index in [4.69, 9.17) is 13.8 Å². The van der Waals surface area contributed by atoms with E-state index in [9.17, 15) is 19.4 Å². The van der Waals surface area contributed by atoms with Gasteiger partial charge in [0.1, 0.15) is 12.7 Å². The third-order valence-corrected chi connectivity index (χ3v) is 9.31. The fourth-order valence-corrected chi connectivity index (χ4v) is 6.17. The highest BCUT2D eigenvalue weighted by molar-refractivity contribution is 7.47. The number of ether oxygens (including phenoxy) is 1. The van der Waals surface area contributed by atoms with E-state index in [0.29, 0.717) is 6.42 Å². The zero-order valence-electron chi connectivity index (χ0n) is 30.0. The molecule has 0 rings (SSSR count). The number of phosphoric ester groups is 1. The second-order valence-electron chi connectivity index (χ2n) is 13.0. The van der Waals surface area contributed by atoms with Crippen LogP contribution in [-0.2, 0) is 23.1 Å². The lowest BCUT2D eigenvalue weighted by molar-refractivity contribution is -0.121. The summed E-state index contributed by atoms with van der Waals surface area (Å²) in [6.45, 7) is 4.07. The molecule has 1 amide bonds. The lowest BCUT2D eigenvalue weighted by atomic mass is 10.0. The van der Waals surface area contributed by atoms with Gasteiger partial charge in [-0.1, -0.05) is 162 Å². The van der Waals surface area contributed by atoms with Crippen molar-refractivity contribution in [3.8, 4) is 0 Å². The predicted molar refractivity (Wildman–Crippen MR) is 192 cm³/mol. The third-order valence-electron chi connectivity index (χ3n) is 8.32. The second-order valence-corrected chi connectivity index (χ2v) is 14.4. The Morgan fingerprint density at radius 2 is 1.09 bits per heavy atom. The van der Waals surface area contributed by atoms with Gasteiger partial charge in [0.25, 0.3) is 0 Å². The minimum atomic E-state index is -4.32. The van der Waals surface area contributed by atoms with E-state index in [-0.39, 0.29) is 32.3 Å². The highest BCUT2D eigenvalue weighted by Gasteiger charge is 2.22. The van der Waals surface area contributed by atoms with Gasteiger partial charge in [-0.3, -0.25) is 13.8 Å². The Morgan fingerprint density at radius 1 is 0.652 bits per heavy atom. The molecule has 46 heavy (non-hydrogen) atoms. The average Bonchev–Trinajstić information content (AvgIpc) is 3.04. The summed E-state index contributed by atoms with van der Waals surface area (Å²) in [6.07, 6.45) is 36.1. The Bertz CT molecular complexity index is 722. The van der Waals surface area contributed by atoms with Crippen LogP contribution in [0.3, 0.4) is 0 Å². The number of hydrogen-bond acceptors (Lipinski definition) is 6. The smallest absolute Gasteiger partial charge is 0.472 e. The molecule has 0 saturated heterocycles. The molecule has 0 saturated carbocycles. The molecule has 0 heterocycles. The molecule has 0 aromatic heterocycles. The van der Waals surface area contributed by atoms with Crippen LogP contribution in [0.25, 0.3) is 0 Å². The number of amides is 1. The molecule has 0 spiro atoms. The Kier molecular flexibility index (Phi) is 34.7. The van der Waals surface area contributed by atoms with Crippen molar-refractivity contribution >= 4 is 13.7 Å². The summed E-state index contributed by atoms with van der Waals surface area (Å²) in [5.41, 5.74) is 0. The van der Waals surface area contributed by atoms with Crippen LogP contribution in [0.4, 0.5) is 0 Å². The van der Waals surface area contributed by atoms with Crippen LogP contribution in [0, 0.1) is 0 Å². The number of aliphatic hydroxyl groups is 1. The first kappa shape index (κ1) is 45.1. The van der Waals surface area contributed by atoms with Gasteiger partial charge >= 0.3 is 7.82 Å². The van der Waals surface area contributed by atoms with Crippen LogP contribution in [0.1, 0.15) is 187 Å². The molecule has 9 heteroatoms. The molecular formula is C37H74NO7P. The van der Waals surface area contributed by atoms with Crippen molar-refractivity contribution in [1.29, 1.82) is 0 Å². The average molecular weight is 676 g/mol. The van der Waals surface area contributed by atoms with Gasteiger partial charge in [-0.2, -0.15) is 0 Å². The summed E-state index contributed by atoms with van der Waals surface area (Å²) in [5, 5.41) is 12.7. The van der Waals surface area contributed by atoms with Crippen molar-refractivity contribution in [2.75, 3.05) is 26.4 Å². The minimum Gasteiger partial charge on any atom is -0.499 e. The molecule has 0 fully saturated rings. The van der Waals surface area contributed by atoms with Crippen LogP contribution in [0.2, 0.25) is 0 Å². The van der Waals surface area contributed by atoms with Gasteiger partial charge in [0.2, 0.25) is 5.91 Å². The fraction of sp³-hybridized carbons (Fsp3) is 0.919. The summed E-state index contributed by atoms with van der Waals surface area (Å²) in [6, 6.07) is 0. The van der Waals surface area contributed by atoms with E-state index in [0.717, 1.165) is 32.1 Å². The number of nitrogens with one attached hydrogen (secondary N) is 1. The van der Waals surface area contributed by atoms with Crippen molar-refractivity contribution in [3.63, 3.8) is 0 Å². The molecule has 3 N–H and O–H groups in total. The largest absolute Gasteiger partial charge is 0.499 e. The van der Waals surface area contributed by atoms with Crippen LogP contribution in [0.15, 0.2) is 12.3 Å². The monoisotopic (exact) mass is 676 g/mol. The molecule has 0 aromatic carbocycles. The first-order chi connectivity index (χ1) is 22.4. The zero-order chi connectivity index (χ0) is 33.8. The van der Waals surface area contributed by atoms with Crippen molar-refractivity contribution < 1.29 is 33.1 Å². The van der Waals surface area contributed by atoms with E-state index in [1.165, 1.54) is 135 Å². The Balaban J connectivity index is 3.54. The van der Waals surface area contributed by atoms with Gasteiger partial charge < -0.3 is 20.1 Å². The first-order valence-electron chi connectivity index (χ1n) is 19.2. The SMILES string of the molecule is CCCCCCCCCCCCCC/C=C\OC[C@@H](O)COP(=O)(O)OCCNC(=O)CCCCCCCCCCCCCCC. The van der Waals surface area contributed by atoms with Gasteiger partial charge in [0.05, 0.1) is 19.5 Å². The molecule has 0 radical (unpaired) electrons. The lowest BCUT2D eigenvalue weighted by Gasteiger charge is -2.15. The standard InChI is InChI=1S/C37H74NO7P/c1-3-5-7-9-11-13-15-17-19-21-23-25-27-29-32-43-34-36(39)35-45-46(41,42)44-33-31-38-37(40)30-28-26-24-22-20-18-16-14-12-10-8-6-4-2/h29,32,36,39H,3-28,30-31,33-35H2,1-2H3,(H,38,40)(H,41,42)/b32-29-/t36-/m1/s1.